The zero-order valence-corrected chi connectivity index (χ0v) is 12.7. The molecular weight excluding hydrogens is 260 g/mol. The molecule has 0 amide bonds. The summed E-state index contributed by atoms with van der Waals surface area (Å²) in [5.74, 6) is 1.86. The van der Waals surface area contributed by atoms with E-state index in [1.165, 1.54) is 24.8 Å². The lowest BCUT2D eigenvalue weighted by Crippen LogP contribution is -2.30. The average molecular weight is 282 g/mol. The first kappa shape index (κ1) is 12.7. The van der Waals surface area contributed by atoms with Gasteiger partial charge < -0.3 is 10.2 Å². The Hall–Kier alpha value is -1.97. The van der Waals surface area contributed by atoms with Crippen LogP contribution in [0.25, 0.3) is 5.70 Å². The van der Waals surface area contributed by atoms with Crippen LogP contribution in [0, 0.1) is 5.92 Å². The molecule has 1 aliphatic carbocycles. The monoisotopic (exact) mass is 282 g/mol. The van der Waals surface area contributed by atoms with E-state index in [4.69, 9.17) is 0 Å². The number of aryl methyl sites for hydroxylation is 1. The lowest BCUT2D eigenvalue weighted by molar-refractivity contribution is 0.230. The van der Waals surface area contributed by atoms with Crippen LogP contribution >= 0.6 is 0 Å². The van der Waals surface area contributed by atoms with Crippen LogP contribution in [-0.4, -0.2) is 27.8 Å². The highest BCUT2D eigenvalue weighted by molar-refractivity contribution is 5.77. The summed E-state index contributed by atoms with van der Waals surface area (Å²) in [6.45, 7) is 12.7. The van der Waals surface area contributed by atoms with Crippen LogP contribution in [0.5, 0.6) is 0 Å². The van der Waals surface area contributed by atoms with Crippen molar-refractivity contribution in [3.63, 3.8) is 0 Å². The number of nitrogens with one attached hydrogen (secondary N) is 1. The molecule has 1 fully saturated rings. The van der Waals surface area contributed by atoms with Crippen LogP contribution in [-0.2, 0) is 6.42 Å². The number of rotatable bonds is 3. The highest BCUT2D eigenvalue weighted by atomic mass is 15.4. The molecule has 0 saturated heterocycles. The van der Waals surface area contributed by atoms with Crippen LogP contribution in [0.1, 0.15) is 31.9 Å². The minimum atomic E-state index is 0.847. The van der Waals surface area contributed by atoms with Crippen LogP contribution < -0.4 is 5.32 Å². The molecule has 3 heterocycles. The van der Waals surface area contributed by atoms with Crippen molar-refractivity contribution in [2.24, 2.45) is 5.92 Å². The molecule has 0 atom stereocenters. The van der Waals surface area contributed by atoms with Gasteiger partial charge in [-0.25, -0.2) is 4.68 Å². The predicted octanol–water partition coefficient (Wildman–Crippen LogP) is 3.23. The molecule has 4 heteroatoms. The van der Waals surface area contributed by atoms with E-state index in [0.717, 1.165) is 54.0 Å². The lowest BCUT2D eigenvalue weighted by atomic mass is 9.85. The number of nitrogens with zero attached hydrogens (tertiary/aromatic N) is 3. The normalized spacial score (nSPS) is 21.3. The van der Waals surface area contributed by atoms with Gasteiger partial charge in [0.25, 0.3) is 0 Å². The van der Waals surface area contributed by atoms with Crippen molar-refractivity contribution in [3.05, 3.63) is 41.9 Å². The van der Waals surface area contributed by atoms with E-state index in [0.29, 0.717) is 0 Å². The van der Waals surface area contributed by atoms with Crippen LogP contribution in [0.15, 0.2) is 36.2 Å². The van der Waals surface area contributed by atoms with E-state index in [1.807, 2.05) is 4.68 Å². The molecule has 0 spiro atoms. The van der Waals surface area contributed by atoms with E-state index in [9.17, 15) is 0 Å². The standard InChI is InChI=1S/C17H22N4/c1-4-14-8-16-18-17-12(3)20(9-13-6-5-7-13)10-15(17)11(2)21(16)19-14/h8,13,18H,2-7,9-10H2,1H3. The predicted molar refractivity (Wildman–Crippen MR) is 85.6 cm³/mol. The van der Waals surface area contributed by atoms with Crippen molar-refractivity contribution in [3.8, 4) is 0 Å². The number of anilines is 1. The molecular formula is C17H22N4. The Labute approximate surface area is 125 Å². The topological polar surface area (TPSA) is 33.1 Å². The Morgan fingerprint density at radius 2 is 2.14 bits per heavy atom. The summed E-state index contributed by atoms with van der Waals surface area (Å²) in [5, 5.41) is 8.13. The maximum absolute atomic E-state index is 4.62. The summed E-state index contributed by atoms with van der Waals surface area (Å²) in [6.07, 6.45) is 5.06. The Morgan fingerprint density at radius 1 is 1.33 bits per heavy atom. The zero-order chi connectivity index (χ0) is 14.6. The van der Waals surface area contributed by atoms with Crippen molar-refractivity contribution < 1.29 is 0 Å². The van der Waals surface area contributed by atoms with Gasteiger partial charge in [0.1, 0.15) is 5.82 Å². The molecule has 1 saturated carbocycles. The molecule has 1 N–H and O–H groups in total. The van der Waals surface area contributed by atoms with Gasteiger partial charge in [0.2, 0.25) is 0 Å². The number of aromatic nitrogens is 2. The van der Waals surface area contributed by atoms with E-state index >= 15 is 0 Å². The second-order valence-corrected chi connectivity index (χ2v) is 6.34. The number of hydrogen-bond acceptors (Lipinski definition) is 3. The quantitative estimate of drug-likeness (QED) is 0.924. The molecule has 1 aromatic rings. The van der Waals surface area contributed by atoms with Gasteiger partial charge in [-0.2, -0.15) is 5.10 Å². The van der Waals surface area contributed by atoms with Crippen molar-refractivity contribution in [2.45, 2.75) is 32.6 Å². The van der Waals surface area contributed by atoms with Gasteiger partial charge in [0.05, 0.1) is 22.8 Å². The maximum Gasteiger partial charge on any atom is 0.134 e. The van der Waals surface area contributed by atoms with Gasteiger partial charge in [-0.15, -0.1) is 0 Å². The average Bonchev–Trinajstić information content (AvgIpc) is 2.98. The van der Waals surface area contributed by atoms with Gasteiger partial charge in [0, 0.05) is 24.7 Å². The second kappa shape index (κ2) is 4.52. The number of fused-ring (bicyclic) bond motifs is 1. The Balaban J connectivity index is 1.59. The molecule has 21 heavy (non-hydrogen) atoms. The molecule has 110 valence electrons. The number of hydrogen-bond donors (Lipinski definition) is 1. The Bertz CT molecular complexity index is 660. The summed E-state index contributed by atoms with van der Waals surface area (Å²) >= 11 is 0. The minimum Gasteiger partial charge on any atom is -0.366 e. The molecule has 4 nitrogen and oxygen atoms in total. The van der Waals surface area contributed by atoms with E-state index < -0.39 is 0 Å². The molecule has 0 bridgehead atoms. The summed E-state index contributed by atoms with van der Waals surface area (Å²) in [5.41, 5.74) is 5.60. The van der Waals surface area contributed by atoms with Gasteiger partial charge >= 0.3 is 0 Å². The molecule has 0 unspecified atom stereocenters. The third-order valence-corrected chi connectivity index (χ3v) is 5.00. The molecule has 3 aliphatic rings. The molecule has 0 radical (unpaired) electrons. The highest BCUT2D eigenvalue weighted by Gasteiger charge is 2.34. The summed E-state index contributed by atoms with van der Waals surface area (Å²) in [4.78, 5) is 2.40. The smallest absolute Gasteiger partial charge is 0.134 e. The highest BCUT2D eigenvalue weighted by Crippen LogP contribution is 2.40. The van der Waals surface area contributed by atoms with Crippen LogP contribution in [0.2, 0.25) is 0 Å². The SMILES string of the molecule is C=C1C2=C(CN1CC1CCC1)C(=C)n1nc(CC)cc1N2. The third kappa shape index (κ3) is 1.85. The van der Waals surface area contributed by atoms with Gasteiger partial charge in [0.15, 0.2) is 0 Å². The first-order chi connectivity index (χ1) is 10.2. The van der Waals surface area contributed by atoms with E-state index in [1.54, 1.807) is 0 Å². The lowest BCUT2D eigenvalue weighted by Gasteiger charge is -2.31. The fourth-order valence-electron chi connectivity index (χ4n) is 3.40. The second-order valence-electron chi connectivity index (χ2n) is 6.34. The molecule has 4 rings (SSSR count). The first-order valence-corrected chi connectivity index (χ1v) is 7.90. The van der Waals surface area contributed by atoms with Gasteiger partial charge in [-0.05, 0) is 25.2 Å². The van der Waals surface area contributed by atoms with Crippen molar-refractivity contribution >= 4 is 11.5 Å². The van der Waals surface area contributed by atoms with Crippen LogP contribution in [0.4, 0.5) is 5.82 Å². The third-order valence-electron chi connectivity index (χ3n) is 5.00. The van der Waals surface area contributed by atoms with Gasteiger partial charge in [-0.1, -0.05) is 26.5 Å². The van der Waals surface area contributed by atoms with E-state index in [-0.39, 0.29) is 0 Å². The summed E-state index contributed by atoms with van der Waals surface area (Å²) in [7, 11) is 0. The summed E-state index contributed by atoms with van der Waals surface area (Å²) in [6, 6.07) is 2.11. The molecule has 0 aromatic carbocycles. The summed E-state index contributed by atoms with van der Waals surface area (Å²) < 4.78 is 1.94. The van der Waals surface area contributed by atoms with Gasteiger partial charge in [-0.3, -0.25) is 0 Å². The fraction of sp³-hybridized carbons (Fsp3) is 0.471. The fourth-order valence-corrected chi connectivity index (χ4v) is 3.40. The van der Waals surface area contributed by atoms with Crippen LogP contribution in [0.3, 0.4) is 0 Å². The molecule has 1 aromatic heterocycles. The molecule has 2 aliphatic heterocycles. The maximum atomic E-state index is 4.62. The minimum absolute atomic E-state index is 0.847. The van der Waals surface area contributed by atoms with Crippen molar-refractivity contribution in [1.29, 1.82) is 0 Å². The van der Waals surface area contributed by atoms with E-state index in [2.05, 4.69) is 41.5 Å². The zero-order valence-electron chi connectivity index (χ0n) is 12.7. The largest absolute Gasteiger partial charge is 0.366 e. The van der Waals surface area contributed by atoms with Crippen molar-refractivity contribution in [2.75, 3.05) is 18.4 Å². The Kier molecular flexibility index (Phi) is 2.74. The van der Waals surface area contributed by atoms with Crippen molar-refractivity contribution in [1.82, 2.24) is 14.7 Å². The first-order valence-electron chi connectivity index (χ1n) is 7.90. The Morgan fingerprint density at radius 3 is 2.81 bits per heavy atom.